The third-order valence-corrected chi connectivity index (χ3v) is 3.95. The molecule has 114 valence electrons. The molecule has 0 heterocycles. The van der Waals surface area contributed by atoms with Crippen molar-refractivity contribution in [2.45, 2.75) is 32.1 Å². The van der Waals surface area contributed by atoms with Crippen molar-refractivity contribution >= 4 is 17.6 Å². The summed E-state index contributed by atoms with van der Waals surface area (Å²) in [6.07, 6.45) is 2.56. The molecule has 0 bridgehead atoms. The number of halogens is 1. The second-order valence-corrected chi connectivity index (χ2v) is 5.37. The molecule has 1 saturated carbocycles. The predicted molar refractivity (Wildman–Crippen MR) is 74.7 cm³/mol. The normalized spacial score (nSPS) is 16.5. The molecular formula is C15H18FNO4. The maximum atomic E-state index is 13.5. The Balaban J connectivity index is 2.04. The first-order chi connectivity index (χ1) is 9.97. The number of methoxy groups -OCH3 is 1. The van der Waals surface area contributed by atoms with Gasteiger partial charge >= 0.3 is 5.97 Å². The summed E-state index contributed by atoms with van der Waals surface area (Å²) in [4.78, 5) is 23.4. The Morgan fingerprint density at radius 3 is 2.57 bits per heavy atom. The lowest BCUT2D eigenvalue weighted by Crippen LogP contribution is -2.32. The highest BCUT2D eigenvalue weighted by molar-refractivity contribution is 5.94. The van der Waals surface area contributed by atoms with E-state index in [0.717, 1.165) is 18.9 Å². The Morgan fingerprint density at radius 1 is 1.38 bits per heavy atom. The molecular weight excluding hydrogens is 277 g/mol. The Kier molecular flexibility index (Phi) is 4.45. The summed E-state index contributed by atoms with van der Waals surface area (Å²) in [5, 5.41) is 11.9. The number of anilines is 1. The number of carbonyl (C=O) groups is 2. The van der Waals surface area contributed by atoms with E-state index in [1.54, 1.807) is 0 Å². The average Bonchev–Trinajstić information content (AvgIpc) is 2.88. The zero-order valence-electron chi connectivity index (χ0n) is 11.8. The first-order valence-electron chi connectivity index (χ1n) is 6.84. The Hall–Kier alpha value is -2.11. The Morgan fingerprint density at radius 2 is 2.05 bits per heavy atom. The third-order valence-electron chi connectivity index (χ3n) is 3.95. The van der Waals surface area contributed by atoms with Crippen LogP contribution in [0.25, 0.3) is 0 Å². The predicted octanol–water partition coefficient (Wildman–Crippen LogP) is 2.81. The molecule has 1 aliphatic rings. The monoisotopic (exact) mass is 295 g/mol. The number of ether oxygens (including phenoxy) is 1. The minimum atomic E-state index is -0.977. The standard InChI is InChI=1S/C15H18FNO4/c1-21-12-5-4-10(8-11(12)16)17-13(18)9-15(14(19)20)6-2-3-7-15/h4-5,8H,2-3,6-7,9H2,1H3,(H,17,18)(H,19,20). The molecule has 1 fully saturated rings. The van der Waals surface area contributed by atoms with Crippen molar-refractivity contribution in [2.75, 3.05) is 12.4 Å². The molecule has 2 rings (SSSR count). The quantitative estimate of drug-likeness (QED) is 0.876. The van der Waals surface area contributed by atoms with E-state index in [9.17, 15) is 19.1 Å². The van der Waals surface area contributed by atoms with E-state index in [1.165, 1.54) is 19.2 Å². The minimum absolute atomic E-state index is 0.0873. The topological polar surface area (TPSA) is 75.6 Å². The van der Waals surface area contributed by atoms with Gasteiger partial charge in [-0.3, -0.25) is 9.59 Å². The molecule has 5 nitrogen and oxygen atoms in total. The van der Waals surface area contributed by atoms with Gasteiger partial charge < -0.3 is 15.2 Å². The molecule has 0 atom stereocenters. The summed E-state index contributed by atoms with van der Waals surface area (Å²) >= 11 is 0. The molecule has 1 amide bonds. The Labute approximate surface area is 122 Å². The van der Waals surface area contributed by atoms with E-state index >= 15 is 0 Å². The average molecular weight is 295 g/mol. The first kappa shape index (κ1) is 15.3. The van der Waals surface area contributed by atoms with Crippen molar-refractivity contribution in [3.8, 4) is 5.75 Å². The highest BCUT2D eigenvalue weighted by atomic mass is 19.1. The van der Waals surface area contributed by atoms with Crippen molar-refractivity contribution in [1.29, 1.82) is 0 Å². The SMILES string of the molecule is COc1ccc(NC(=O)CC2(C(=O)O)CCCC2)cc1F. The molecule has 1 aromatic carbocycles. The maximum absolute atomic E-state index is 13.5. The number of aliphatic carboxylic acids is 1. The van der Waals surface area contributed by atoms with Gasteiger partial charge in [0.15, 0.2) is 11.6 Å². The van der Waals surface area contributed by atoms with Crippen LogP contribution in [-0.2, 0) is 9.59 Å². The number of carboxylic acid groups (broad SMARTS) is 1. The maximum Gasteiger partial charge on any atom is 0.310 e. The smallest absolute Gasteiger partial charge is 0.310 e. The number of carboxylic acids is 1. The van der Waals surface area contributed by atoms with Crippen molar-refractivity contribution in [3.05, 3.63) is 24.0 Å². The summed E-state index contributed by atoms with van der Waals surface area (Å²) in [7, 11) is 1.35. The zero-order chi connectivity index (χ0) is 15.5. The summed E-state index contributed by atoms with van der Waals surface area (Å²) in [5.41, 5.74) is -0.688. The van der Waals surface area contributed by atoms with E-state index in [-0.39, 0.29) is 17.9 Å². The van der Waals surface area contributed by atoms with Crippen molar-refractivity contribution in [2.24, 2.45) is 5.41 Å². The van der Waals surface area contributed by atoms with Gasteiger partial charge in [-0.25, -0.2) is 4.39 Å². The molecule has 0 spiro atoms. The summed E-state index contributed by atoms with van der Waals surface area (Å²) in [5.74, 6) is -1.84. The summed E-state index contributed by atoms with van der Waals surface area (Å²) < 4.78 is 18.3. The van der Waals surface area contributed by atoms with E-state index in [4.69, 9.17) is 4.74 Å². The number of benzene rings is 1. The second-order valence-electron chi connectivity index (χ2n) is 5.37. The van der Waals surface area contributed by atoms with Gasteiger partial charge in [-0.15, -0.1) is 0 Å². The highest BCUT2D eigenvalue weighted by Crippen LogP contribution is 2.41. The van der Waals surface area contributed by atoms with Crippen LogP contribution >= 0.6 is 0 Å². The van der Waals surface area contributed by atoms with Crippen LogP contribution in [0.4, 0.5) is 10.1 Å². The van der Waals surface area contributed by atoms with E-state index in [0.29, 0.717) is 12.8 Å². The molecule has 0 radical (unpaired) electrons. The van der Waals surface area contributed by atoms with Crippen molar-refractivity contribution < 1.29 is 23.8 Å². The van der Waals surface area contributed by atoms with Crippen LogP contribution in [0.15, 0.2) is 18.2 Å². The number of nitrogens with one attached hydrogen (secondary N) is 1. The molecule has 0 unspecified atom stereocenters. The van der Waals surface area contributed by atoms with Gasteiger partial charge in [0, 0.05) is 18.2 Å². The fraction of sp³-hybridized carbons (Fsp3) is 0.467. The van der Waals surface area contributed by atoms with Gasteiger partial charge in [0.1, 0.15) is 0 Å². The van der Waals surface area contributed by atoms with Gasteiger partial charge in [0.25, 0.3) is 0 Å². The molecule has 0 saturated heterocycles. The molecule has 1 aromatic rings. The molecule has 21 heavy (non-hydrogen) atoms. The fourth-order valence-electron chi connectivity index (χ4n) is 2.77. The molecule has 6 heteroatoms. The number of rotatable bonds is 5. The van der Waals surface area contributed by atoms with Crippen LogP contribution in [0.5, 0.6) is 5.75 Å². The van der Waals surface area contributed by atoms with Crippen LogP contribution in [0.2, 0.25) is 0 Å². The van der Waals surface area contributed by atoms with Crippen LogP contribution in [0.3, 0.4) is 0 Å². The van der Waals surface area contributed by atoms with E-state index in [2.05, 4.69) is 5.32 Å². The molecule has 1 aliphatic carbocycles. The van der Waals surface area contributed by atoms with E-state index in [1.807, 2.05) is 0 Å². The summed E-state index contributed by atoms with van der Waals surface area (Å²) in [6.45, 7) is 0. The largest absolute Gasteiger partial charge is 0.494 e. The lowest BCUT2D eigenvalue weighted by atomic mass is 9.82. The van der Waals surface area contributed by atoms with Gasteiger partial charge in [-0.1, -0.05) is 12.8 Å². The third kappa shape index (κ3) is 3.32. The van der Waals surface area contributed by atoms with E-state index < -0.39 is 23.1 Å². The van der Waals surface area contributed by atoms with Gasteiger partial charge in [0.05, 0.1) is 12.5 Å². The van der Waals surface area contributed by atoms with Crippen LogP contribution < -0.4 is 10.1 Å². The number of hydrogen-bond acceptors (Lipinski definition) is 3. The number of hydrogen-bond donors (Lipinski definition) is 2. The minimum Gasteiger partial charge on any atom is -0.494 e. The molecule has 0 aromatic heterocycles. The second kappa shape index (κ2) is 6.11. The van der Waals surface area contributed by atoms with Crippen LogP contribution in [-0.4, -0.2) is 24.1 Å². The Bertz CT molecular complexity index is 553. The van der Waals surface area contributed by atoms with Crippen molar-refractivity contribution in [1.82, 2.24) is 0 Å². The van der Waals surface area contributed by atoms with Crippen molar-refractivity contribution in [3.63, 3.8) is 0 Å². The first-order valence-corrected chi connectivity index (χ1v) is 6.84. The number of amides is 1. The number of carbonyl (C=O) groups excluding carboxylic acids is 1. The van der Waals surface area contributed by atoms with Gasteiger partial charge in [0.2, 0.25) is 5.91 Å². The summed E-state index contributed by atoms with van der Waals surface area (Å²) in [6, 6.07) is 4.08. The fourth-order valence-corrected chi connectivity index (χ4v) is 2.77. The van der Waals surface area contributed by atoms with Crippen LogP contribution in [0.1, 0.15) is 32.1 Å². The lowest BCUT2D eigenvalue weighted by molar-refractivity contribution is -0.150. The van der Waals surface area contributed by atoms with Crippen LogP contribution in [0, 0.1) is 11.2 Å². The molecule has 2 N–H and O–H groups in total. The van der Waals surface area contributed by atoms with Gasteiger partial charge in [-0.05, 0) is 25.0 Å². The van der Waals surface area contributed by atoms with Gasteiger partial charge in [-0.2, -0.15) is 0 Å². The zero-order valence-corrected chi connectivity index (χ0v) is 11.8. The molecule has 0 aliphatic heterocycles. The lowest BCUT2D eigenvalue weighted by Gasteiger charge is -2.22. The highest BCUT2D eigenvalue weighted by Gasteiger charge is 2.42.